The van der Waals surface area contributed by atoms with Crippen LogP contribution in [0.5, 0.6) is 0 Å². The molecule has 0 spiro atoms. The van der Waals surface area contributed by atoms with E-state index in [4.69, 9.17) is 16.3 Å². The van der Waals surface area contributed by atoms with Crippen molar-refractivity contribution >= 4 is 17.3 Å². The van der Waals surface area contributed by atoms with Crippen LogP contribution in [0, 0.1) is 12.0 Å². The van der Waals surface area contributed by atoms with Crippen LogP contribution in [0.2, 0.25) is 5.02 Å². The summed E-state index contributed by atoms with van der Waals surface area (Å²) in [5.74, 6) is 0.692. The molecule has 0 amide bonds. The molecule has 3 nitrogen and oxygen atoms in total. The number of hydrogen-bond donors (Lipinski definition) is 0. The predicted molar refractivity (Wildman–Crippen MR) is 103 cm³/mol. The summed E-state index contributed by atoms with van der Waals surface area (Å²) < 4.78 is 5.89. The Morgan fingerprint density at radius 3 is 2.83 bits per heavy atom. The van der Waals surface area contributed by atoms with Gasteiger partial charge in [-0.2, -0.15) is 0 Å². The van der Waals surface area contributed by atoms with Crippen molar-refractivity contribution in [3.63, 3.8) is 0 Å². The number of unbranched alkanes of at least 4 members (excludes halogenated alkanes) is 1. The zero-order valence-electron chi connectivity index (χ0n) is 14.8. The van der Waals surface area contributed by atoms with Crippen LogP contribution in [0.1, 0.15) is 25.7 Å². The molecule has 1 aliphatic rings. The van der Waals surface area contributed by atoms with E-state index in [1.807, 2.05) is 18.2 Å². The van der Waals surface area contributed by atoms with E-state index in [2.05, 4.69) is 35.6 Å². The number of benzene rings is 1. The minimum atomic E-state index is 0.692. The molecular formula is C20H30ClN2O. The summed E-state index contributed by atoms with van der Waals surface area (Å²) in [6.07, 6.45) is 6.66. The Bertz CT molecular complexity index is 469. The van der Waals surface area contributed by atoms with Gasteiger partial charge in [0.25, 0.3) is 0 Å². The molecule has 1 radical (unpaired) electrons. The smallest absolute Gasteiger partial charge is 0.0495 e. The van der Waals surface area contributed by atoms with Crippen LogP contribution < -0.4 is 4.90 Å². The molecule has 0 unspecified atom stereocenters. The van der Waals surface area contributed by atoms with Crippen LogP contribution >= 0.6 is 11.6 Å². The van der Waals surface area contributed by atoms with Gasteiger partial charge in [0, 0.05) is 49.6 Å². The lowest BCUT2D eigenvalue weighted by Gasteiger charge is -2.33. The quantitative estimate of drug-likeness (QED) is 0.463. The monoisotopic (exact) mass is 349 g/mol. The summed E-state index contributed by atoms with van der Waals surface area (Å²) in [7, 11) is 2.13. The maximum absolute atomic E-state index is 5.93. The normalized spacial score (nSPS) is 15.9. The van der Waals surface area contributed by atoms with Gasteiger partial charge < -0.3 is 14.5 Å². The van der Waals surface area contributed by atoms with Crippen molar-refractivity contribution in [3.8, 4) is 0 Å². The third kappa shape index (κ3) is 6.84. The van der Waals surface area contributed by atoms with E-state index in [0.717, 1.165) is 56.5 Å². The van der Waals surface area contributed by atoms with Crippen LogP contribution in [0.4, 0.5) is 5.69 Å². The average molecular weight is 350 g/mol. The number of ether oxygens (including phenoxy) is 1. The van der Waals surface area contributed by atoms with E-state index >= 15 is 0 Å². The van der Waals surface area contributed by atoms with E-state index in [-0.39, 0.29) is 0 Å². The Labute approximate surface area is 152 Å². The van der Waals surface area contributed by atoms with Crippen LogP contribution in [0.25, 0.3) is 0 Å². The van der Waals surface area contributed by atoms with E-state index < -0.39 is 0 Å². The molecule has 1 heterocycles. The highest BCUT2D eigenvalue weighted by atomic mass is 35.5. The van der Waals surface area contributed by atoms with Crippen molar-refractivity contribution < 1.29 is 4.74 Å². The van der Waals surface area contributed by atoms with E-state index in [0.29, 0.717) is 5.92 Å². The van der Waals surface area contributed by atoms with E-state index in [1.54, 1.807) is 0 Å². The number of anilines is 1. The fourth-order valence-electron chi connectivity index (χ4n) is 3.08. The summed E-state index contributed by atoms with van der Waals surface area (Å²) in [5, 5.41) is 0.748. The molecule has 0 N–H and O–H groups in total. The second-order valence-corrected chi connectivity index (χ2v) is 7.09. The molecule has 0 bridgehead atoms. The zero-order valence-corrected chi connectivity index (χ0v) is 15.6. The number of rotatable bonds is 10. The SMILES string of the molecule is C=CCN(C)CCCCOCC1CCN(c2[c]cc(Cl)cc2)CC1. The summed E-state index contributed by atoms with van der Waals surface area (Å²) in [4.78, 5) is 4.68. The molecule has 1 fully saturated rings. The molecule has 2 rings (SSSR count). The first kappa shape index (κ1) is 19.3. The molecule has 1 saturated heterocycles. The predicted octanol–water partition coefficient (Wildman–Crippen LogP) is 4.27. The summed E-state index contributed by atoms with van der Waals surface area (Å²) in [6.45, 7) is 9.79. The van der Waals surface area contributed by atoms with Gasteiger partial charge in [-0.3, -0.25) is 0 Å². The van der Waals surface area contributed by atoms with Crippen LogP contribution in [-0.2, 0) is 4.74 Å². The van der Waals surface area contributed by atoms with Gasteiger partial charge in [-0.1, -0.05) is 17.7 Å². The van der Waals surface area contributed by atoms with Gasteiger partial charge in [0.1, 0.15) is 0 Å². The van der Waals surface area contributed by atoms with Crippen molar-refractivity contribution in [1.82, 2.24) is 4.90 Å². The Balaban J connectivity index is 1.53. The van der Waals surface area contributed by atoms with Crippen molar-refractivity contribution in [2.45, 2.75) is 25.7 Å². The number of nitrogens with zero attached hydrogens (tertiary/aromatic N) is 2. The van der Waals surface area contributed by atoms with Gasteiger partial charge in [0.05, 0.1) is 0 Å². The molecule has 133 valence electrons. The number of piperidine rings is 1. The molecule has 4 heteroatoms. The van der Waals surface area contributed by atoms with Crippen molar-refractivity contribution in [1.29, 1.82) is 0 Å². The Hall–Kier alpha value is -1.03. The summed E-state index contributed by atoms with van der Waals surface area (Å²) in [5.41, 5.74) is 1.16. The maximum Gasteiger partial charge on any atom is 0.0495 e. The largest absolute Gasteiger partial charge is 0.381 e. The maximum atomic E-state index is 5.93. The van der Waals surface area contributed by atoms with Crippen LogP contribution in [0.15, 0.2) is 30.9 Å². The second-order valence-electron chi connectivity index (χ2n) is 6.66. The van der Waals surface area contributed by atoms with Crippen molar-refractivity contribution in [2.75, 3.05) is 51.3 Å². The van der Waals surface area contributed by atoms with Gasteiger partial charge in [-0.05, 0) is 63.4 Å². The minimum absolute atomic E-state index is 0.692. The lowest BCUT2D eigenvalue weighted by molar-refractivity contribution is 0.0865. The summed E-state index contributed by atoms with van der Waals surface area (Å²) >= 11 is 5.93. The fourth-order valence-corrected chi connectivity index (χ4v) is 3.20. The van der Waals surface area contributed by atoms with Crippen LogP contribution in [0.3, 0.4) is 0 Å². The molecule has 24 heavy (non-hydrogen) atoms. The summed E-state index contributed by atoms with van der Waals surface area (Å²) in [6, 6.07) is 9.10. The first-order chi connectivity index (χ1) is 11.7. The third-order valence-corrected chi connectivity index (χ3v) is 4.82. The van der Waals surface area contributed by atoms with Crippen LogP contribution in [-0.4, -0.2) is 51.3 Å². The zero-order chi connectivity index (χ0) is 17.2. The van der Waals surface area contributed by atoms with Crippen molar-refractivity contribution in [3.05, 3.63) is 41.9 Å². The minimum Gasteiger partial charge on any atom is -0.381 e. The molecule has 0 saturated carbocycles. The molecule has 1 aliphatic heterocycles. The highest BCUT2D eigenvalue weighted by Crippen LogP contribution is 2.24. The van der Waals surface area contributed by atoms with E-state index in [9.17, 15) is 0 Å². The van der Waals surface area contributed by atoms with Gasteiger partial charge in [0.15, 0.2) is 0 Å². The van der Waals surface area contributed by atoms with Gasteiger partial charge in [-0.15, -0.1) is 6.58 Å². The highest BCUT2D eigenvalue weighted by Gasteiger charge is 2.19. The number of halogens is 1. The number of likely N-dealkylation sites (N-methyl/N-ethyl adjacent to an activating group) is 1. The fraction of sp³-hybridized carbons (Fsp3) is 0.600. The molecule has 1 aromatic rings. The molecule has 0 aliphatic carbocycles. The van der Waals surface area contributed by atoms with E-state index in [1.165, 1.54) is 19.3 Å². The molecule has 1 aromatic carbocycles. The first-order valence-corrected chi connectivity index (χ1v) is 9.36. The average Bonchev–Trinajstić information content (AvgIpc) is 2.59. The molecule has 0 aromatic heterocycles. The Kier molecular flexibility index (Phi) is 8.65. The topological polar surface area (TPSA) is 15.7 Å². The second kappa shape index (κ2) is 10.8. The lowest BCUT2D eigenvalue weighted by atomic mass is 9.97. The third-order valence-electron chi connectivity index (χ3n) is 4.59. The first-order valence-electron chi connectivity index (χ1n) is 8.98. The van der Waals surface area contributed by atoms with Gasteiger partial charge >= 0.3 is 0 Å². The Morgan fingerprint density at radius 2 is 2.17 bits per heavy atom. The van der Waals surface area contributed by atoms with Gasteiger partial charge in [0.2, 0.25) is 0 Å². The van der Waals surface area contributed by atoms with Gasteiger partial charge in [-0.25, -0.2) is 0 Å². The van der Waals surface area contributed by atoms with Crippen molar-refractivity contribution in [2.24, 2.45) is 5.92 Å². The Morgan fingerprint density at radius 1 is 1.38 bits per heavy atom. The molecular weight excluding hydrogens is 320 g/mol. The standard InChI is InChI=1S/C20H30ClN2O/c1-3-12-22(2)13-4-5-16-24-17-18-10-14-23(15-11-18)20-8-6-19(21)7-9-20/h3,6-8,18H,1,4-5,10-17H2,2H3. The highest BCUT2D eigenvalue weighted by molar-refractivity contribution is 6.30. The number of hydrogen-bond acceptors (Lipinski definition) is 3. The molecule has 0 atom stereocenters. The lowest BCUT2D eigenvalue weighted by Crippen LogP contribution is -2.35.